The van der Waals surface area contributed by atoms with Crippen LogP contribution in [0.1, 0.15) is 22.2 Å². The van der Waals surface area contributed by atoms with E-state index in [2.05, 4.69) is 10.6 Å². The zero-order chi connectivity index (χ0) is 18.8. The van der Waals surface area contributed by atoms with E-state index in [-0.39, 0.29) is 12.5 Å². The number of rotatable bonds is 9. The molecule has 2 rings (SSSR count). The van der Waals surface area contributed by atoms with E-state index in [1.165, 1.54) is 4.88 Å². The summed E-state index contributed by atoms with van der Waals surface area (Å²) in [4.78, 5) is 37.3. The Balaban J connectivity index is 1.85. The number of hydrogen-bond acceptors (Lipinski definition) is 6. The number of amides is 2. The molecule has 0 aliphatic rings. The molecule has 2 amide bonds. The third-order valence-electron chi connectivity index (χ3n) is 3.21. The number of nitrogens with one attached hydrogen (secondary N) is 2. The molecule has 0 saturated heterocycles. The fraction of sp³-hybridized carbons (Fsp3) is 0.278. The largest absolute Gasteiger partial charge is 0.452 e. The van der Waals surface area contributed by atoms with Gasteiger partial charge in [-0.25, -0.2) is 4.79 Å². The Morgan fingerprint density at radius 1 is 1.08 bits per heavy atom. The van der Waals surface area contributed by atoms with Crippen LogP contribution < -0.4 is 10.6 Å². The lowest BCUT2D eigenvalue weighted by Gasteiger charge is -2.09. The quantitative estimate of drug-likeness (QED) is 0.506. The molecule has 0 bridgehead atoms. The molecule has 0 unspecified atom stereocenters. The van der Waals surface area contributed by atoms with Crippen LogP contribution in [0.3, 0.4) is 0 Å². The lowest BCUT2D eigenvalue weighted by molar-refractivity contribution is -0.127. The van der Waals surface area contributed by atoms with Gasteiger partial charge in [0.05, 0.1) is 12.1 Å². The summed E-state index contributed by atoms with van der Waals surface area (Å²) < 4.78 is 5.07. The third kappa shape index (κ3) is 6.53. The lowest BCUT2D eigenvalue weighted by atomic mass is 10.2. The first-order chi connectivity index (χ1) is 12.6. The van der Waals surface area contributed by atoms with Gasteiger partial charge in [-0.1, -0.05) is 18.2 Å². The Morgan fingerprint density at radius 3 is 2.62 bits per heavy atom. The van der Waals surface area contributed by atoms with Crippen LogP contribution in [0.4, 0.5) is 0 Å². The van der Waals surface area contributed by atoms with Gasteiger partial charge in [-0.3, -0.25) is 9.59 Å². The van der Waals surface area contributed by atoms with E-state index in [1.807, 2.05) is 29.6 Å². The van der Waals surface area contributed by atoms with Gasteiger partial charge in [0, 0.05) is 22.1 Å². The summed E-state index contributed by atoms with van der Waals surface area (Å²) in [6.07, 6.45) is 0. The van der Waals surface area contributed by atoms with Crippen molar-refractivity contribution in [1.29, 1.82) is 0 Å². The summed E-state index contributed by atoms with van der Waals surface area (Å²) in [6.45, 7) is 1.71. The van der Waals surface area contributed by atoms with Crippen molar-refractivity contribution in [3.8, 4) is 0 Å². The molecule has 6 nitrogen and oxygen atoms in total. The molecule has 8 heteroatoms. The molecule has 138 valence electrons. The number of thioether (sulfide) groups is 1. The number of carbonyl (C=O) groups is 3. The topological polar surface area (TPSA) is 84.5 Å². The van der Waals surface area contributed by atoms with Crippen LogP contribution in [0.2, 0.25) is 0 Å². The zero-order valence-electron chi connectivity index (χ0n) is 14.3. The number of thiophene rings is 1. The van der Waals surface area contributed by atoms with Crippen molar-refractivity contribution in [3.05, 3.63) is 52.2 Å². The van der Waals surface area contributed by atoms with Gasteiger partial charge >= 0.3 is 5.97 Å². The van der Waals surface area contributed by atoms with Gasteiger partial charge in [0.2, 0.25) is 5.91 Å². The minimum absolute atomic E-state index is 0.141. The predicted octanol–water partition coefficient (Wildman–Crippen LogP) is 2.45. The zero-order valence-corrected chi connectivity index (χ0v) is 16.0. The Bertz CT molecular complexity index is 747. The van der Waals surface area contributed by atoms with E-state index in [0.717, 1.165) is 10.6 Å². The maximum absolute atomic E-state index is 12.3. The molecule has 0 spiro atoms. The first kappa shape index (κ1) is 20.0. The molecule has 26 heavy (non-hydrogen) atoms. The molecule has 0 aliphatic heterocycles. The average molecular weight is 393 g/mol. The molecule has 0 radical (unpaired) electrons. The molecule has 2 aromatic rings. The second kappa shape index (κ2) is 10.6. The summed E-state index contributed by atoms with van der Waals surface area (Å²) in [5.74, 6) is -0.613. The summed E-state index contributed by atoms with van der Waals surface area (Å²) in [5.41, 5.74) is 0.422. The number of likely N-dealkylation sites (N-methyl/N-ethyl adjacent to an activating group) is 1. The van der Waals surface area contributed by atoms with E-state index in [1.54, 1.807) is 42.2 Å². The standard InChI is InChI=1S/C18H20N2O4S2/c1-2-19-16(21)10-20-17(22)11-24-18(23)14-7-3-4-8-15(14)26-12-13-6-5-9-25-13/h3-9H,2,10-12H2,1H3,(H,19,21)(H,20,22). The first-order valence-electron chi connectivity index (χ1n) is 8.05. The van der Waals surface area contributed by atoms with Gasteiger partial charge in [0.1, 0.15) is 0 Å². The van der Waals surface area contributed by atoms with Crippen LogP contribution in [-0.4, -0.2) is 37.5 Å². The Hall–Kier alpha value is -2.32. The Kier molecular flexibility index (Phi) is 8.17. The highest BCUT2D eigenvalue weighted by Crippen LogP contribution is 2.28. The fourth-order valence-electron chi connectivity index (χ4n) is 2.00. The molecular weight excluding hydrogens is 372 g/mol. The first-order valence-corrected chi connectivity index (χ1v) is 9.91. The lowest BCUT2D eigenvalue weighted by Crippen LogP contribution is -2.38. The molecule has 0 atom stereocenters. The van der Waals surface area contributed by atoms with Crippen molar-refractivity contribution in [2.75, 3.05) is 19.7 Å². The highest BCUT2D eigenvalue weighted by molar-refractivity contribution is 7.98. The van der Waals surface area contributed by atoms with Crippen LogP contribution in [-0.2, 0) is 20.1 Å². The average Bonchev–Trinajstić information content (AvgIpc) is 3.17. The third-order valence-corrected chi connectivity index (χ3v) is 5.39. The van der Waals surface area contributed by atoms with E-state index < -0.39 is 18.5 Å². The van der Waals surface area contributed by atoms with Crippen molar-refractivity contribution >= 4 is 40.9 Å². The molecule has 0 fully saturated rings. The molecule has 1 aromatic carbocycles. The van der Waals surface area contributed by atoms with E-state index in [4.69, 9.17) is 4.74 Å². The number of carbonyl (C=O) groups excluding carboxylic acids is 3. The maximum Gasteiger partial charge on any atom is 0.339 e. The highest BCUT2D eigenvalue weighted by Gasteiger charge is 2.15. The van der Waals surface area contributed by atoms with Crippen LogP contribution in [0.5, 0.6) is 0 Å². The summed E-state index contributed by atoms with van der Waals surface area (Å²) in [7, 11) is 0. The summed E-state index contributed by atoms with van der Waals surface area (Å²) >= 11 is 3.20. The van der Waals surface area contributed by atoms with Gasteiger partial charge in [0.25, 0.3) is 5.91 Å². The van der Waals surface area contributed by atoms with Crippen LogP contribution in [0, 0.1) is 0 Å². The van der Waals surface area contributed by atoms with E-state index in [0.29, 0.717) is 12.1 Å². The van der Waals surface area contributed by atoms with E-state index >= 15 is 0 Å². The fourth-order valence-corrected chi connectivity index (χ4v) is 3.82. The van der Waals surface area contributed by atoms with Crippen LogP contribution in [0.25, 0.3) is 0 Å². The van der Waals surface area contributed by atoms with Crippen LogP contribution >= 0.6 is 23.1 Å². The van der Waals surface area contributed by atoms with Gasteiger partial charge < -0.3 is 15.4 Å². The second-order valence-corrected chi connectivity index (χ2v) is 7.22. The Morgan fingerprint density at radius 2 is 1.88 bits per heavy atom. The predicted molar refractivity (Wildman–Crippen MR) is 102 cm³/mol. The molecule has 2 N–H and O–H groups in total. The maximum atomic E-state index is 12.3. The van der Waals surface area contributed by atoms with Crippen molar-refractivity contribution in [2.45, 2.75) is 17.6 Å². The highest BCUT2D eigenvalue weighted by atomic mass is 32.2. The smallest absolute Gasteiger partial charge is 0.339 e. The van der Waals surface area contributed by atoms with Gasteiger partial charge in [-0.2, -0.15) is 0 Å². The number of hydrogen-bond donors (Lipinski definition) is 2. The molecule has 0 aliphatic carbocycles. The van der Waals surface area contributed by atoms with Crippen molar-refractivity contribution < 1.29 is 19.1 Å². The molecule has 0 saturated carbocycles. The molecule has 1 heterocycles. The van der Waals surface area contributed by atoms with E-state index in [9.17, 15) is 14.4 Å². The normalized spacial score (nSPS) is 10.2. The van der Waals surface area contributed by atoms with Gasteiger partial charge in [0.15, 0.2) is 6.61 Å². The van der Waals surface area contributed by atoms with Crippen LogP contribution in [0.15, 0.2) is 46.7 Å². The van der Waals surface area contributed by atoms with Crippen molar-refractivity contribution in [3.63, 3.8) is 0 Å². The minimum Gasteiger partial charge on any atom is -0.452 e. The van der Waals surface area contributed by atoms with Crippen molar-refractivity contribution in [1.82, 2.24) is 10.6 Å². The minimum atomic E-state index is -0.563. The number of ether oxygens (including phenoxy) is 1. The number of benzene rings is 1. The van der Waals surface area contributed by atoms with Crippen molar-refractivity contribution in [2.24, 2.45) is 0 Å². The molecule has 1 aromatic heterocycles. The second-order valence-electron chi connectivity index (χ2n) is 5.17. The van der Waals surface area contributed by atoms with Gasteiger partial charge in [-0.15, -0.1) is 23.1 Å². The summed E-state index contributed by atoms with van der Waals surface area (Å²) in [6, 6.07) is 11.2. The Labute approximate surface area is 160 Å². The summed E-state index contributed by atoms with van der Waals surface area (Å²) in [5, 5.41) is 6.97. The van der Waals surface area contributed by atoms with Gasteiger partial charge in [-0.05, 0) is 30.5 Å². The number of esters is 1. The molecular formula is C18H20N2O4S2. The monoisotopic (exact) mass is 392 g/mol. The SMILES string of the molecule is CCNC(=O)CNC(=O)COC(=O)c1ccccc1SCc1cccs1.